The highest BCUT2D eigenvalue weighted by molar-refractivity contribution is 6.31. The number of halogens is 4. The highest BCUT2D eigenvalue weighted by Gasteiger charge is 2.37. The molecule has 0 fully saturated rings. The third-order valence-corrected chi connectivity index (χ3v) is 1.98. The fourth-order valence-corrected chi connectivity index (χ4v) is 1.03. The summed E-state index contributed by atoms with van der Waals surface area (Å²) in [7, 11) is 1.41. The number of alkyl halides is 3. The van der Waals surface area contributed by atoms with Crippen molar-refractivity contribution in [3.8, 4) is 0 Å². The number of aromatic nitrogens is 2. The first-order valence-electron chi connectivity index (χ1n) is 4.10. The molecule has 6 heteroatoms. The zero-order valence-electron chi connectivity index (χ0n) is 8.41. The van der Waals surface area contributed by atoms with Crippen LogP contribution >= 0.6 is 11.6 Å². The Balaban J connectivity index is 0.000000791. The van der Waals surface area contributed by atoms with Crippen molar-refractivity contribution in [3.63, 3.8) is 0 Å². The molecule has 0 saturated carbocycles. The maximum Gasteiger partial charge on any atom is 0.436 e. The summed E-state index contributed by atoms with van der Waals surface area (Å²) in [4.78, 5) is 0. The van der Waals surface area contributed by atoms with Crippen LogP contribution in [-0.4, -0.2) is 9.78 Å². The molecule has 1 rings (SSSR count). The molecule has 0 aliphatic heterocycles. The number of aryl methyl sites for hydroxylation is 1. The fraction of sp³-hybridized carbons (Fsp3) is 0.625. The van der Waals surface area contributed by atoms with Gasteiger partial charge in [0.1, 0.15) is 0 Å². The van der Waals surface area contributed by atoms with E-state index < -0.39 is 11.9 Å². The van der Waals surface area contributed by atoms with Crippen molar-refractivity contribution in [2.24, 2.45) is 7.05 Å². The van der Waals surface area contributed by atoms with E-state index in [1.54, 1.807) is 0 Å². The molecule has 0 atom stereocenters. The van der Waals surface area contributed by atoms with Crippen molar-refractivity contribution < 1.29 is 13.2 Å². The van der Waals surface area contributed by atoms with E-state index in [-0.39, 0.29) is 5.02 Å². The summed E-state index contributed by atoms with van der Waals surface area (Å²) in [5.74, 6) is 0. The molecule has 1 heterocycles. The predicted molar refractivity (Wildman–Crippen MR) is 49.3 cm³/mol. The van der Waals surface area contributed by atoms with Crippen LogP contribution < -0.4 is 0 Å². The van der Waals surface area contributed by atoms with E-state index in [0.29, 0.717) is 5.69 Å². The van der Waals surface area contributed by atoms with E-state index >= 15 is 0 Å². The van der Waals surface area contributed by atoms with E-state index in [4.69, 9.17) is 11.6 Å². The molecule has 1 aromatic heterocycles. The lowest BCUT2D eigenvalue weighted by atomic mass is 10.3. The topological polar surface area (TPSA) is 17.8 Å². The Hall–Kier alpha value is -0.710. The predicted octanol–water partition coefficient (Wildman–Crippen LogP) is 3.43. The van der Waals surface area contributed by atoms with Gasteiger partial charge in [0.2, 0.25) is 0 Å². The maximum atomic E-state index is 12.1. The molecule has 0 radical (unpaired) electrons. The number of hydrogen-bond donors (Lipinski definition) is 0. The standard InChI is InChI=1S/C6H6ClF3N2.C2H6/c1-3-4(7)5(6(8,9)10)11-12(3)2;1-2/h1-2H3;1-2H3. The van der Waals surface area contributed by atoms with Crippen molar-refractivity contribution in [1.82, 2.24) is 9.78 Å². The van der Waals surface area contributed by atoms with Gasteiger partial charge in [-0.1, -0.05) is 25.4 Å². The van der Waals surface area contributed by atoms with Gasteiger partial charge in [-0.2, -0.15) is 18.3 Å². The first kappa shape index (κ1) is 13.3. The Kier molecular flexibility index (Phi) is 4.45. The van der Waals surface area contributed by atoms with Gasteiger partial charge in [0.05, 0.1) is 10.7 Å². The van der Waals surface area contributed by atoms with Crippen LogP contribution in [0.15, 0.2) is 0 Å². The molecule has 0 bridgehead atoms. The SMILES string of the molecule is CC.Cc1c(Cl)c(C(F)(F)F)nn1C. The average Bonchev–Trinajstić information content (AvgIpc) is 2.36. The highest BCUT2D eigenvalue weighted by atomic mass is 35.5. The molecule has 0 amide bonds. The summed E-state index contributed by atoms with van der Waals surface area (Å²) in [5, 5.41) is 2.91. The van der Waals surface area contributed by atoms with Crippen LogP contribution in [0.2, 0.25) is 5.02 Å². The van der Waals surface area contributed by atoms with Crippen molar-refractivity contribution in [2.45, 2.75) is 26.9 Å². The molecule has 0 N–H and O–H groups in total. The third-order valence-electron chi connectivity index (χ3n) is 1.53. The summed E-state index contributed by atoms with van der Waals surface area (Å²) >= 11 is 5.40. The van der Waals surface area contributed by atoms with Crippen LogP contribution in [0.25, 0.3) is 0 Å². The van der Waals surface area contributed by atoms with E-state index in [1.165, 1.54) is 14.0 Å². The van der Waals surface area contributed by atoms with Gasteiger partial charge in [0.25, 0.3) is 0 Å². The fourth-order valence-electron chi connectivity index (χ4n) is 0.763. The molecule has 2 nitrogen and oxygen atoms in total. The summed E-state index contributed by atoms with van der Waals surface area (Å²) in [6.07, 6.45) is -4.47. The minimum Gasteiger partial charge on any atom is -0.271 e. The monoisotopic (exact) mass is 228 g/mol. The Morgan fingerprint density at radius 2 is 1.71 bits per heavy atom. The molecule has 0 aliphatic carbocycles. The molecule has 0 unspecified atom stereocenters. The van der Waals surface area contributed by atoms with Crippen molar-refractivity contribution >= 4 is 11.6 Å². The van der Waals surface area contributed by atoms with Crippen LogP contribution in [-0.2, 0) is 13.2 Å². The van der Waals surface area contributed by atoms with Gasteiger partial charge in [-0.25, -0.2) is 0 Å². The zero-order valence-corrected chi connectivity index (χ0v) is 9.16. The molecule has 0 spiro atoms. The van der Waals surface area contributed by atoms with Gasteiger partial charge in [-0.3, -0.25) is 4.68 Å². The van der Waals surface area contributed by atoms with Crippen LogP contribution in [0.4, 0.5) is 13.2 Å². The summed E-state index contributed by atoms with van der Waals surface area (Å²) < 4.78 is 37.3. The normalized spacial score (nSPS) is 10.9. The second kappa shape index (κ2) is 4.68. The van der Waals surface area contributed by atoms with Gasteiger partial charge >= 0.3 is 6.18 Å². The van der Waals surface area contributed by atoms with Crippen LogP contribution in [0.3, 0.4) is 0 Å². The Morgan fingerprint density at radius 1 is 1.29 bits per heavy atom. The third kappa shape index (κ3) is 2.64. The molecule has 14 heavy (non-hydrogen) atoms. The van der Waals surface area contributed by atoms with Gasteiger partial charge in [-0.15, -0.1) is 0 Å². The lowest BCUT2D eigenvalue weighted by molar-refractivity contribution is -0.141. The smallest absolute Gasteiger partial charge is 0.271 e. The van der Waals surface area contributed by atoms with Crippen molar-refractivity contribution in [1.29, 1.82) is 0 Å². The summed E-state index contributed by atoms with van der Waals surface area (Å²) in [6, 6.07) is 0. The first-order valence-corrected chi connectivity index (χ1v) is 4.48. The van der Waals surface area contributed by atoms with Crippen LogP contribution in [0.1, 0.15) is 25.2 Å². The lowest BCUT2D eigenvalue weighted by Crippen LogP contribution is -2.07. The quantitative estimate of drug-likeness (QED) is 0.665. The molecule has 0 saturated heterocycles. The summed E-state index contributed by atoms with van der Waals surface area (Å²) in [5.41, 5.74) is -0.715. The van der Waals surface area contributed by atoms with Crippen molar-refractivity contribution in [2.75, 3.05) is 0 Å². The number of hydrogen-bond acceptors (Lipinski definition) is 1. The largest absolute Gasteiger partial charge is 0.436 e. The molecule has 0 aromatic carbocycles. The average molecular weight is 229 g/mol. The second-order valence-electron chi connectivity index (χ2n) is 2.37. The minimum atomic E-state index is -4.47. The molecular formula is C8H12ClF3N2. The number of nitrogens with zero attached hydrogens (tertiary/aromatic N) is 2. The summed E-state index contributed by atoms with van der Waals surface area (Å²) in [6.45, 7) is 5.48. The van der Waals surface area contributed by atoms with Crippen LogP contribution in [0, 0.1) is 6.92 Å². The molecule has 0 aliphatic rings. The first-order chi connectivity index (χ1) is 6.34. The van der Waals surface area contributed by atoms with E-state index in [1.807, 2.05) is 13.8 Å². The van der Waals surface area contributed by atoms with Crippen molar-refractivity contribution in [3.05, 3.63) is 16.4 Å². The van der Waals surface area contributed by atoms with E-state index in [2.05, 4.69) is 5.10 Å². The lowest BCUT2D eigenvalue weighted by Gasteiger charge is -2.00. The Bertz CT molecular complexity index is 304. The Labute approximate surface area is 85.7 Å². The van der Waals surface area contributed by atoms with Crippen LogP contribution in [0.5, 0.6) is 0 Å². The number of rotatable bonds is 0. The van der Waals surface area contributed by atoms with Gasteiger partial charge in [-0.05, 0) is 6.92 Å². The maximum absolute atomic E-state index is 12.1. The second-order valence-corrected chi connectivity index (χ2v) is 2.75. The Morgan fingerprint density at radius 3 is 1.86 bits per heavy atom. The molecule has 1 aromatic rings. The van der Waals surface area contributed by atoms with Gasteiger partial charge in [0, 0.05) is 7.05 Å². The van der Waals surface area contributed by atoms with E-state index in [0.717, 1.165) is 4.68 Å². The molecular weight excluding hydrogens is 217 g/mol. The highest BCUT2D eigenvalue weighted by Crippen LogP contribution is 2.34. The van der Waals surface area contributed by atoms with Gasteiger partial charge < -0.3 is 0 Å². The molecule has 82 valence electrons. The zero-order chi connectivity index (χ0) is 11.5. The minimum absolute atomic E-state index is 0.309. The van der Waals surface area contributed by atoms with E-state index in [9.17, 15) is 13.2 Å². The van der Waals surface area contributed by atoms with Gasteiger partial charge in [0.15, 0.2) is 5.69 Å².